The molecule has 1 aliphatic carbocycles. The number of hydrogen-bond donors (Lipinski definition) is 4. The number of aliphatic imine (C=N–C) groups is 1. The second-order valence-electron chi connectivity index (χ2n) is 3.26. The zero-order chi connectivity index (χ0) is 10.6. The maximum atomic E-state index is 10.4. The lowest BCUT2D eigenvalue weighted by molar-refractivity contribution is 0.0427. The highest BCUT2D eigenvalue weighted by molar-refractivity contribution is 6.40. The Bertz CT molecular complexity index is 380. The Balaban J connectivity index is 2.37. The molecule has 1 fully saturated rings. The SMILES string of the molecule is O=C(O)NC1=C(Cl)C=NC2(O)CC12O. The molecule has 2 atom stereocenters. The predicted molar refractivity (Wildman–Crippen MR) is 47.0 cm³/mol. The number of allylic oxidation sites excluding steroid dienone is 1. The number of halogens is 1. The van der Waals surface area contributed by atoms with Crippen molar-refractivity contribution in [3.05, 3.63) is 10.7 Å². The summed E-state index contributed by atoms with van der Waals surface area (Å²) in [7, 11) is 0. The molecule has 2 unspecified atom stereocenters. The Hall–Kier alpha value is -1.11. The second-order valence-corrected chi connectivity index (χ2v) is 3.67. The minimum absolute atomic E-state index is 0.0166. The highest BCUT2D eigenvalue weighted by atomic mass is 35.5. The van der Waals surface area contributed by atoms with Crippen LogP contribution in [-0.4, -0.2) is 39.0 Å². The fourth-order valence-electron chi connectivity index (χ4n) is 1.45. The van der Waals surface area contributed by atoms with E-state index in [0.717, 1.165) is 6.21 Å². The van der Waals surface area contributed by atoms with Gasteiger partial charge in [0.1, 0.15) is 0 Å². The zero-order valence-corrected chi connectivity index (χ0v) is 7.62. The van der Waals surface area contributed by atoms with Gasteiger partial charge in [0.05, 0.1) is 10.7 Å². The number of rotatable bonds is 1. The van der Waals surface area contributed by atoms with Gasteiger partial charge in [0.15, 0.2) is 11.3 Å². The van der Waals surface area contributed by atoms with Gasteiger partial charge in [0, 0.05) is 12.6 Å². The van der Waals surface area contributed by atoms with Gasteiger partial charge in [0.25, 0.3) is 0 Å². The maximum Gasteiger partial charge on any atom is 0.409 e. The van der Waals surface area contributed by atoms with Crippen LogP contribution >= 0.6 is 11.6 Å². The van der Waals surface area contributed by atoms with E-state index < -0.39 is 17.4 Å². The van der Waals surface area contributed by atoms with Crippen molar-refractivity contribution in [2.75, 3.05) is 0 Å². The third-order valence-corrected chi connectivity index (χ3v) is 2.60. The number of hydrogen-bond acceptors (Lipinski definition) is 4. The predicted octanol–water partition coefficient (Wildman–Crippen LogP) is -0.388. The second kappa shape index (κ2) is 2.47. The first-order chi connectivity index (χ1) is 6.39. The van der Waals surface area contributed by atoms with Gasteiger partial charge in [-0.2, -0.15) is 0 Å². The highest BCUT2D eigenvalue weighted by Gasteiger charge is 2.71. The first kappa shape index (κ1) is 9.45. The van der Waals surface area contributed by atoms with Crippen LogP contribution in [0.3, 0.4) is 0 Å². The summed E-state index contributed by atoms with van der Waals surface area (Å²) < 4.78 is 0. The standard InChI is InChI=1S/C7H7ClN2O4/c8-3-1-9-7(14)2-6(7,13)4(3)10-5(11)12/h1,10,13-14H,2H2,(H,11,12). The highest BCUT2D eigenvalue weighted by Crippen LogP contribution is 2.55. The van der Waals surface area contributed by atoms with Crippen molar-refractivity contribution >= 4 is 23.9 Å². The van der Waals surface area contributed by atoms with E-state index in [1.165, 1.54) is 0 Å². The van der Waals surface area contributed by atoms with Crippen LogP contribution in [-0.2, 0) is 0 Å². The number of carbonyl (C=O) groups is 1. The van der Waals surface area contributed by atoms with Crippen molar-refractivity contribution < 1.29 is 20.1 Å². The van der Waals surface area contributed by atoms with Crippen LogP contribution in [0.15, 0.2) is 15.7 Å². The molecule has 1 amide bonds. The third-order valence-electron chi connectivity index (χ3n) is 2.32. The number of amides is 1. The quantitative estimate of drug-likeness (QED) is 0.481. The van der Waals surface area contributed by atoms with Crippen LogP contribution in [0.5, 0.6) is 0 Å². The number of fused-ring (bicyclic) bond motifs is 1. The van der Waals surface area contributed by atoms with Crippen molar-refractivity contribution in [1.82, 2.24) is 5.32 Å². The number of dihydropyridines is 1. The van der Waals surface area contributed by atoms with Crippen LogP contribution in [0.2, 0.25) is 0 Å². The first-order valence-corrected chi connectivity index (χ1v) is 4.17. The summed E-state index contributed by atoms with van der Waals surface area (Å²) in [5.41, 5.74) is -3.43. The van der Waals surface area contributed by atoms with Gasteiger partial charge < -0.3 is 15.3 Å². The van der Waals surface area contributed by atoms with Crippen LogP contribution in [0, 0.1) is 0 Å². The van der Waals surface area contributed by atoms with Crippen LogP contribution in [0.1, 0.15) is 6.42 Å². The molecule has 1 saturated carbocycles. The fourth-order valence-corrected chi connectivity index (χ4v) is 1.70. The van der Waals surface area contributed by atoms with Gasteiger partial charge in [-0.3, -0.25) is 10.3 Å². The molecule has 14 heavy (non-hydrogen) atoms. The number of aliphatic hydroxyl groups is 2. The van der Waals surface area contributed by atoms with Gasteiger partial charge >= 0.3 is 6.09 Å². The first-order valence-electron chi connectivity index (χ1n) is 3.79. The van der Waals surface area contributed by atoms with Crippen molar-refractivity contribution in [3.63, 3.8) is 0 Å². The maximum absolute atomic E-state index is 10.4. The van der Waals surface area contributed by atoms with Gasteiger partial charge in [-0.1, -0.05) is 11.6 Å². The lowest BCUT2D eigenvalue weighted by atomic mass is 10.1. The average molecular weight is 219 g/mol. The molecule has 4 N–H and O–H groups in total. The average Bonchev–Trinajstić information content (AvgIpc) is 2.63. The largest absolute Gasteiger partial charge is 0.465 e. The topological polar surface area (TPSA) is 102 Å². The Labute approximate surface area is 83.5 Å². The minimum atomic E-state index is -1.68. The van der Waals surface area contributed by atoms with Crippen molar-refractivity contribution in [2.24, 2.45) is 4.99 Å². The minimum Gasteiger partial charge on any atom is -0.465 e. The zero-order valence-electron chi connectivity index (χ0n) is 6.86. The third kappa shape index (κ3) is 1.05. The molecular weight excluding hydrogens is 212 g/mol. The molecule has 0 aromatic rings. The smallest absolute Gasteiger partial charge is 0.409 e. The van der Waals surface area contributed by atoms with Gasteiger partial charge in [-0.15, -0.1) is 0 Å². The van der Waals surface area contributed by atoms with E-state index in [2.05, 4.69) is 4.99 Å². The number of nitrogens with zero attached hydrogens (tertiary/aromatic N) is 1. The van der Waals surface area contributed by atoms with Gasteiger partial charge in [0.2, 0.25) is 0 Å². The molecule has 0 radical (unpaired) electrons. The summed E-state index contributed by atoms with van der Waals surface area (Å²) in [6.45, 7) is 0. The van der Waals surface area contributed by atoms with E-state index in [1.807, 2.05) is 5.32 Å². The van der Waals surface area contributed by atoms with Gasteiger partial charge in [-0.25, -0.2) is 4.79 Å². The lowest BCUT2D eigenvalue weighted by Crippen LogP contribution is -2.38. The summed E-state index contributed by atoms with van der Waals surface area (Å²) >= 11 is 5.63. The summed E-state index contributed by atoms with van der Waals surface area (Å²) in [6, 6.07) is 0. The molecule has 0 aromatic carbocycles. The molecule has 0 spiro atoms. The Morgan fingerprint density at radius 3 is 2.86 bits per heavy atom. The lowest BCUT2D eigenvalue weighted by Gasteiger charge is -2.20. The molecule has 2 rings (SSSR count). The number of carboxylic acid groups (broad SMARTS) is 1. The van der Waals surface area contributed by atoms with E-state index in [4.69, 9.17) is 16.7 Å². The summed E-state index contributed by atoms with van der Waals surface area (Å²) in [5.74, 6) is 0. The summed E-state index contributed by atoms with van der Waals surface area (Å²) in [6.07, 6.45) is -0.285. The van der Waals surface area contributed by atoms with E-state index in [-0.39, 0.29) is 17.2 Å². The van der Waals surface area contributed by atoms with E-state index in [9.17, 15) is 15.0 Å². The summed E-state index contributed by atoms with van der Waals surface area (Å²) in [5, 5.41) is 29.7. The molecule has 2 aliphatic rings. The number of nitrogens with one attached hydrogen (secondary N) is 1. The van der Waals surface area contributed by atoms with E-state index >= 15 is 0 Å². The van der Waals surface area contributed by atoms with Crippen LogP contribution in [0.25, 0.3) is 0 Å². The van der Waals surface area contributed by atoms with Crippen LogP contribution in [0.4, 0.5) is 4.79 Å². The molecule has 7 heteroatoms. The molecule has 0 aromatic heterocycles. The Kier molecular flexibility index (Phi) is 1.67. The van der Waals surface area contributed by atoms with E-state index in [1.54, 1.807) is 0 Å². The summed E-state index contributed by atoms with van der Waals surface area (Å²) in [4.78, 5) is 14.0. The molecule has 1 aliphatic heterocycles. The molecule has 0 saturated heterocycles. The fraction of sp³-hybridized carbons (Fsp3) is 0.429. The van der Waals surface area contributed by atoms with Gasteiger partial charge in [-0.05, 0) is 0 Å². The molecular formula is C7H7ClN2O4. The normalized spacial score (nSPS) is 39.4. The Morgan fingerprint density at radius 2 is 2.29 bits per heavy atom. The molecule has 76 valence electrons. The molecule has 6 nitrogen and oxygen atoms in total. The monoisotopic (exact) mass is 218 g/mol. The molecule has 0 bridgehead atoms. The van der Waals surface area contributed by atoms with Crippen molar-refractivity contribution in [2.45, 2.75) is 17.7 Å². The van der Waals surface area contributed by atoms with Crippen molar-refractivity contribution in [1.29, 1.82) is 0 Å². The van der Waals surface area contributed by atoms with Crippen molar-refractivity contribution in [3.8, 4) is 0 Å². The van der Waals surface area contributed by atoms with E-state index in [0.29, 0.717) is 0 Å². The molecule has 1 heterocycles. The van der Waals surface area contributed by atoms with Crippen LogP contribution < -0.4 is 5.32 Å². The Morgan fingerprint density at radius 1 is 1.64 bits per heavy atom.